The lowest BCUT2D eigenvalue weighted by Crippen LogP contribution is -2.20. The summed E-state index contributed by atoms with van der Waals surface area (Å²) in [5.41, 5.74) is 2.05. The Morgan fingerprint density at radius 3 is 3.00 bits per heavy atom. The first-order chi connectivity index (χ1) is 7.74. The van der Waals surface area contributed by atoms with Crippen LogP contribution >= 0.6 is 0 Å². The fraction of sp³-hybridized carbons (Fsp3) is 0.385. The maximum atomic E-state index is 9.83. The van der Waals surface area contributed by atoms with Crippen molar-refractivity contribution in [2.24, 2.45) is 0 Å². The van der Waals surface area contributed by atoms with Crippen LogP contribution in [0.4, 0.5) is 0 Å². The molecule has 0 saturated carbocycles. The van der Waals surface area contributed by atoms with Crippen LogP contribution in [-0.4, -0.2) is 17.8 Å². The van der Waals surface area contributed by atoms with Gasteiger partial charge in [-0.25, -0.2) is 0 Å². The zero-order valence-corrected chi connectivity index (χ0v) is 9.23. The molecule has 1 aromatic heterocycles. The van der Waals surface area contributed by atoms with Gasteiger partial charge in [-0.15, -0.1) is 0 Å². The second kappa shape index (κ2) is 3.61. The Balaban J connectivity index is 2.04. The molecule has 2 heterocycles. The molecule has 0 amide bonds. The van der Waals surface area contributed by atoms with Crippen LogP contribution in [0.1, 0.15) is 23.8 Å². The quantitative estimate of drug-likeness (QED) is 0.769. The third-order valence-electron chi connectivity index (χ3n) is 3.21. The summed E-state index contributed by atoms with van der Waals surface area (Å²) in [7, 11) is 0. The van der Waals surface area contributed by atoms with Crippen LogP contribution in [0.5, 0.6) is 0 Å². The molecule has 2 unspecified atom stereocenters. The van der Waals surface area contributed by atoms with Gasteiger partial charge in [-0.05, 0) is 43.7 Å². The lowest BCUT2D eigenvalue weighted by Gasteiger charge is -2.14. The summed E-state index contributed by atoms with van der Waals surface area (Å²) in [6.07, 6.45) is 0.554. The van der Waals surface area contributed by atoms with Crippen LogP contribution in [-0.2, 0) is 0 Å². The molecule has 0 radical (unpaired) electrons. The number of hydrogen-bond acceptors (Lipinski definition) is 3. The van der Waals surface area contributed by atoms with Crippen molar-refractivity contribution >= 4 is 11.0 Å². The molecule has 16 heavy (non-hydrogen) atoms. The fourth-order valence-corrected chi connectivity index (χ4v) is 2.42. The van der Waals surface area contributed by atoms with E-state index >= 15 is 0 Å². The number of nitrogens with one attached hydrogen (secondary N) is 1. The predicted octanol–water partition coefficient (Wildman–Crippen LogP) is 2.14. The number of benzene rings is 1. The zero-order valence-electron chi connectivity index (χ0n) is 9.23. The fourth-order valence-electron chi connectivity index (χ4n) is 2.42. The molecule has 2 aromatic rings. The Kier molecular flexibility index (Phi) is 2.23. The van der Waals surface area contributed by atoms with Gasteiger partial charge in [0.25, 0.3) is 0 Å². The molecule has 2 atom stereocenters. The van der Waals surface area contributed by atoms with Gasteiger partial charge in [-0.2, -0.15) is 0 Å². The van der Waals surface area contributed by atoms with E-state index < -0.39 is 0 Å². The minimum Gasteiger partial charge on any atom is -0.461 e. The Labute approximate surface area is 94.1 Å². The highest BCUT2D eigenvalue weighted by Gasteiger charge is 2.26. The Hall–Kier alpha value is -1.32. The lowest BCUT2D eigenvalue weighted by molar-refractivity contribution is 0.160. The van der Waals surface area contributed by atoms with E-state index in [1.807, 2.05) is 25.1 Å². The highest BCUT2D eigenvalue weighted by Crippen LogP contribution is 2.28. The third-order valence-corrected chi connectivity index (χ3v) is 3.21. The Morgan fingerprint density at radius 1 is 1.38 bits per heavy atom. The van der Waals surface area contributed by atoms with Gasteiger partial charge in [-0.1, -0.05) is 6.07 Å². The van der Waals surface area contributed by atoms with Crippen molar-refractivity contribution in [2.75, 3.05) is 6.54 Å². The molecular formula is C13H15NO2. The van der Waals surface area contributed by atoms with Crippen LogP contribution < -0.4 is 5.32 Å². The zero-order chi connectivity index (χ0) is 11.1. The van der Waals surface area contributed by atoms with Gasteiger partial charge in [0.1, 0.15) is 11.3 Å². The van der Waals surface area contributed by atoms with Crippen LogP contribution in [0.2, 0.25) is 0 Å². The SMILES string of the molecule is Cc1cc2cc(C3NCCC3O)ccc2o1. The average Bonchev–Trinajstić information content (AvgIpc) is 2.81. The van der Waals surface area contributed by atoms with Crippen LogP contribution in [0.25, 0.3) is 11.0 Å². The van der Waals surface area contributed by atoms with Gasteiger partial charge >= 0.3 is 0 Å². The van der Waals surface area contributed by atoms with Gasteiger partial charge in [0.2, 0.25) is 0 Å². The Morgan fingerprint density at radius 2 is 2.25 bits per heavy atom. The van der Waals surface area contributed by atoms with Crippen LogP contribution in [0.3, 0.4) is 0 Å². The van der Waals surface area contributed by atoms with E-state index in [-0.39, 0.29) is 12.1 Å². The molecule has 3 rings (SSSR count). The summed E-state index contributed by atoms with van der Waals surface area (Å²) in [5, 5.41) is 14.3. The summed E-state index contributed by atoms with van der Waals surface area (Å²) in [4.78, 5) is 0. The van der Waals surface area contributed by atoms with Crippen molar-refractivity contribution in [2.45, 2.75) is 25.5 Å². The minimum absolute atomic E-state index is 0.0691. The van der Waals surface area contributed by atoms with Gasteiger partial charge in [0, 0.05) is 5.39 Å². The highest BCUT2D eigenvalue weighted by molar-refractivity contribution is 5.78. The monoisotopic (exact) mass is 217 g/mol. The first kappa shape index (κ1) is 9.87. The summed E-state index contributed by atoms with van der Waals surface area (Å²) < 4.78 is 5.53. The van der Waals surface area contributed by atoms with E-state index in [2.05, 4.69) is 11.4 Å². The van der Waals surface area contributed by atoms with Crippen molar-refractivity contribution in [3.63, 3.8) is 0 Å². The van der Waals surface area contributed by atoms with E-state index in [1.165, 1.54) is 0 Å². The maximum Gasteiger partial charge on any atom is 0.134 e. The first-order valence-electron chi connectivity index (χ1n) is 5.65. The number of aliphatic hydroxyl groups is 1. The third kappa shape index (κ3) is 1.52. The summed E-state index contributed by atoms with van der Waals surface area (Å²) >= 11 is 0. The second-order valence-electron chi connectivity index (χ2n) is 4.44. The summed E-state index contributed by atoms with van der Waals surface area (Å²) in [6, 6.07) is 8.19. The van der Waals surface area contributed by atoms with Gasteiger partial charge in [0.15, 0.2) is 0 Å². The van der Waals surface area contributed by atoms with Gasteiger partial charge in [-0.3, -0.25) is 0 Å². The molecule has 1 saturated heterocycles. The van der Waals surface area contributed by atoms with Crippen molar-refractivity contribution < 1.29 is 9.52 Å². The normalized spacial score (nSPS) is 25.4. The molecule has 1 aliphatic heterocycles. The topological polar surface area (TPSA) is 45.4 Å². The molecule has 3 nitrogen and oxygen atoms in total. The molecule has 84 valence electrons. The molecule has 1 aromatic carbocycles. The molecule has 0 spiro atoms. The van der Waals surface area contributed by atoms with Crippen LogP contribution in [0, 0.1) is 6.92 Å². The number of hydrogen-bond donors (Lipinski definition) is 2. The van der Waals surface area contributed by atoms with E-state index in [0.717, 1.165) is 35.3 Å². The van der Waals surface area contributed by atoms with Crippen molar-refractivity contribution in [3.8, 4) is 0 Å². The van der Waals surface area contributed by atoms with Gasteiger partial charge in [0.05, 0.1) is 12.1 Å². The first-order valence-corrected chi connectivity index (χ1v) is 5.65. The number of aryl methyl sites for hydroxylation is 1. The molecule has 1 fully saturated rings. The Bertz CT molecular complexity index is 518. The van der Waals surface area contributed by atoms with E-state index in [0.29, 0.717) is 0 Å². The standard InChI is InChI=1S/C13H15NO2/c1-8-6-10-7-9(2-3-12(10)16-8)13-11(15)4-5-14-13/h2-3,6-7,11,13-15H,4-5H2,1H3. The van der Waals surface area contributed by atoms with E-state index in [1.54, 1.807) is 0 Å². The number of furan rings is 1. The molecule has 3 heteroatoms. The van der Waals surface area contributed by atoms with E-state index in [9.17, 15) is 5.11 Å². The van der Waals surface area contributed by atoms with E-state index in [4.69, 9.17) is 4.42 Å². The summed E-state index contributed by atoms with van der Waals surface area (Å²) in [5.74, 6) is 0.923. The summed E-state index contributed by atoms with van der Waals surface area (Å²) in [6.45, 7) is 2.83. The molecule has 0 bridgehead atoms. The lowest BCUT2D eigenvalue weighted by atomic mass is 10.0. The average molecular weight is 217 g/mol. The minimum atomic E-state index is -0.273. The molecule has 0 aliphatic carbocycles. The number of rotatable bonds is 1. The number of fused-ring (bicyclic) bond motifs is 1. The van der Waals surface area contributed by atoms with Crippen molar-refractivity contribution in [3.05, 3.63) is 35.6 Å². The van der Waals surface area contributed by atoms with Crippen LogP contribution in [0.15, 0.2) is 28.7 Å². The molecular weight excluding hydrogens is 202 g/mol. The molecule has 2 N–H and O–H groups in total. The van der Waals surface area contributed by atoms with Gasteiger partial charge < -0.3 is 14.8 Å². The second-order valence-corrected chi connectivity index (χ2v) is 4.44. The maximum absolute atomic E-state index is 9.83. The smallest absolute Gasteiger partial charge is 0.134 e. The molecule has 1 aliphatic rings. The van der Waals surface area contributed by atoms with Crippen molar-refractivity contribution in [1.29, 1.82) is 0 Å². The number of aliphatic hydroxyl groups excluding tert-OH is 1. The van der Waals surface area contributed by atoms with Crippen molar-refractivity contribution in [1.82, 2.24) is 5.32 Å². The predicted molar refractivity (Wildman–Crippen MR) is 62.3 cm³/mol. The highest BCUT2D eigenvalue weighted by atomic mass is 16.3. The largest absolute Gasteiger partial charge is 0.461 e.